The van der Waals surface area contributed by atoms with Crippen LogP contribution in [-0.4, -0.2) is 56.6 Å². The summed E-state index contributed by atoms with van der Waals surface area (Å²) in [5, 5.41) is 2.80. The van der Waals surface area contributed by atoms with Crippen LogP contribution in [0.2, 0.25) is 0 Å². The lowest BCUT2D eigenvalue weighted by molar-refractivity contribution is 0.0746. The molecule has 2 heterocycles. The van der Waals surface area contributed by atoms with Gasteiger partial charge in [0.15, 0.2) is 15.0 Å². The van der Waals surface area contributed by atoms with Crippen molar-refractivity contribution in [2.24, 2.45) is 0 Å². The Morgan fingerprint density at radius 1 is 1.07 bits per heavy atom. The molecular formula is C21H20FN3O3S2. The van der Waals surface area contributed by atoms with E-state index in [0.29, 0.717) is 31.7 Å². The highest BCUT2D eigenvalue weighted by atomic mass is 32.2. The molecule has 0 saturated carbocycles. The SMILES string of the molecule is CS(=O)(=O)c1cccc(C(=O)N2CCN(c3nc(-c4ccc(F)cc4)cs3)CC2)c1. The minimum Gasteiger partial charge on any atom is -0.345 e. The number of thiazole rings is 1. The molecule has 0 bridgehead atoms. The van der Waals surface area contributed by atoms with E-state index < -0.39 is 9.84 Å². The van der Waals surface area contributed by atoms with Gasteiger partial charge in [-0.3, -0.25) is 4.79 Å². The van der Waals surface area contributed by atoms with E-state index in [1.54, 1.807) is 29.2 Å². The van der Waals surface area contributed by atoms with Gasteiger partial charge >= 0.3 is 0 Å². The first kappa shape index (κ1) is 20.5. The molecule has 0 spiro atoms. The number of piperazine rings is 1. The van der Waals surface area contributed by atoms with Crippen molar-refractivity contribution in [1.29, 1.82) is 0 Å². The number of nitrogens with zero attached hydrogens (tertiary/aromatic N) is 3. The van der Waals surface area contributed by atoms with Gasteiger partial charge in [-0.1, -0.05) is 6.07 Å². The lowest BCUT2D eigenvalue weighted by atomic mass is 10.2. The summed E-state index contributed by atoms with van der Waals surface area (Å²) in [6.45, 7) is 2.31. The van der Waals surface area contributed by atoms with Crippen LogP contribution in [-0.2, 0) is 9.84 Å². The van der Waals surface area contributed by atoms with Crippen LogP contribution in [0.3, 0.4) is 0 Å². The van der Waals surface area contributed by atoms with Crippen molar-refractivity contribution >= 4 is 32.2 Å². The van der Waals surface area contributed by atoms with Gasteiger partial charge in [0.05, 0.1) is 10.6 Å². The molecule has 1 aromatic heterocycles. The predicted molar refractivity (Wildman–Crippen MR) is 115 cm³/mol. The molecule has 0 aliphatic carbocycles. The molecule has 1 aliphatic rings. The number of carbonyl (C=O) groups excluding carboxylic acids is 1. The van der Waals surface area contributed by atoms with E-state index in [9.17, 15) is 17.6 Å². The van der Waals surface area contributed by atoms with E-state index in [1.165, 1.54) is 35.6 Å². The molecule has 1 fully saturated rings. The van der Waals surface area contributed by atoms with Crippen molar-refractivity contribution in [2.75, 3.05) is 37.3 Å². The van der Waals surface area contributed by atoms with Crippen LogP contribution >= 0.6 is 11.3 Å². The van der Waals surface area contributed by atoms with Crippen LogP contribution in [0.5, 0.6) is 0 Å². The summed E-state index contributed by atoms with van der Waals surface area (Å²) in [4.78, 5) is 21.4. The second kappa shape index (κ2) is 8.16. The maximum Gasteiger partial charge on any atom is 0.254 e. The molecule has 30 heavy (non-hydrogen) atoms. The highest BCUT2D eigenvalue weighted by Crippen LogP contribution is 2.28. The maximum absolute atomic E-state index is 13.1. The Labute approximate surface area is 178 Å². The fourth-order valence-electron chi connectivity index (χ4n) is 3.31. The Balaban J connectivity index is 1.42. The topological polar surface area (TPSA) is 70.6 Å². The summed E-state index contributed by atoms with van der Waals surface area (Å²) >= 11 is 1.52. The number of amides is 1. The van der Waals surface area contributed by atoms with E-state index in [1.807, 2.05) is 5.38 Å². The Morgan fingerprint density at radius 3 is 2.43 bits per heavy atom. The molecule has 1 saturated heterocycles. The highest BCUT2D eigenvalue weighted by Gasteiger charge is 2.24. The van der Waals surface area contributed by atoms with Crippen LogP contribution in [0.25, 0.3) is 11.3 Å². The normalized spacial score (nSPS) is 14.7. The first-order valence-corrected chi connectivity index (χ1v) is 12.1. The van der Waals surface area contributed by atoms with Crippen LogP contribution in [0, 0.1) is 5.82 Å². The first-order valence-electron chi connectivity index (χ1n) is 9.37. The Kier molecular flexibility index (Phi) is 5.57. The first-order chi connectivity index (χ1) is 14.3. The summed E-state index contributed by atoms with van der Waals surface area (Å²) < 4.78 is 36.6. The number of aromatic nitrogens is 1. The summed E-state index contributed by atoms with van der Waals surface area (Å²) in [7, 11) is -3.36. The Bertz CT molecular complexity index is 1170. The van der Waals surface area contributed by atoms with Crippen molar-refractivity contribution < 1.29 is 17.6 Å². The quantitative estimate of drug-likeness (QED) is 0.616. The van der Waals surface area contributed by atoms with Gasteiger partial charge in [0.1, 0.15) is 5.82 Å². The predicted octanol–water partition coefficient (Wildman–Crippen LogP) is 3.32. The lowest BCUT2D eigenvalue weighted by Gasteiger charge is -2.34. The molecule has 156 valence electrons. The van der Waals surface area contributed by atoms with Crippen molar-refractivity contribution in [3.8, 4) is 11.3 Å². The zero-order valence-electron chi connectivity index (χ0n) is 16.3. The molecule has 0 unspecified atom stereocenters. The Hall–Kier alpha value is -2.78. The molecular weight excluding hydrogens is 425 g/mol. The number of benzene rings is 2. The molecule has 1 aliphatic heterocycles. The van der Waals surface area contributed by atoms with E-state index in [0.717, 1.165) is 22.6 Å². The third-order valence-corrected chi connectivity index (χ3v) is 6.99. The number of halogens is 1. The fourth-order valence-corrected chi connectivity index (χ4v) is 4.86. The minimum absolute atomic E-state index is 0.142. The average molecular weight is 446 g/mol. The summed E-state index contributed by atoms with van der Waals surface area (Å²) in [5.41, 5.74) is 2.03. The van der Waals surface area contributed by atoms with E-state index in [2.05, 4.69) is 9.88 Å². The zero-order chi connectivity index (χ0) is 21.3. The standard InChI is InChI=1S/C21H20FN3O3S2/c1-30(27,28)18-4-2-3-16(13-18)20(26)24-9-11-25(12-10-24)21-23-19(14-29-21)15-5-7-17(22)8-6-15/h2-8,13-14H,9-12H2,1H3. The van der Waals surface area contributed by atoms with Crippen molar-refractivity contribution in [2.45, 2.75) is 4.90 Å². The van der Waals surface area contributed by atoms with Crippen molar-refractivity contribution in [3.63, 3.8) is 0 Å². The van der Waals surface area contributed by atoms with Crippen molar-refractivity contribution in [1.82, 2.24) is 9.88 Å². The smallest absolute Gasteiger partial charge is 0.254 e. The van der Waals surface area contributed by atoms with Crippen LogP contribution in [0.1, 0.15) is 10.4 Å². The molecule has 0 N–H and O–H groups in total. The lowest BCUT2D eigenvalue weighted by Crippen LogP contribution is -2.48. The van der Waals surface area contributed by atoms with Crippen LogP contribution in [0.4, 0.5) is 9.52 Å². The molecule has 0 radical (unpaired) electrons. The average Bonchev–Trinajstić information content (AvgIpc) is 3.24. The number of hydrogen-bond donors (Lipinski definition) is 0. The molecule has 3 aromatic rings. The van der Waals surface area contributed by atoms with Gasteiger partial charge in [-0.2, -0.15) is 0 Å². The minimum atomic E-state index is -3.36. The summed E-state index contributed by atoms with van der Waals surface area (Å²) in [6.07, 6.45) is 1.13. The third-order valence-electron chi connectivity index (χ3n) is 4.98. The van der Waals surface area contributed by atoms with Gasteiger partial charge in [0.2, 0.25) is 0 Å². The molecule has 6 nitrogen and oxygen atoms in total. The van der Waals surface area contributed by atoms with E-state index in [4.69, 9.17) is 0 Å². The molecule has 4 rings (SSSR count). The second-order valence-electron chi connectivity index (χ2n) is 7.10. The van der Waals surface area contributed by atoms with Crippen molar-refractivity contribution in [3.05, 3.63) is 65.3 Å². The van der Waals surface area contributed by atoms with Crippen LogP contribution < -0.4 is 4.90 Å². The van der Waals surface area contributed by atoms with Crippen LogP contribution in [0.15, 0.2) is 58.8 Å². The molecule has 9 heteroatoms. The number of anilines is 1. The number of sulfone groups is 1. The number of rotatable bonds is 4. The van der Waals surface area contributed by atoms with Gasteiger partial charge < -0.3 is 9.80 Å². The summed E-state index contributed by atoms with van der Waals surface area (Å²) in [5.74, 6) is -0.455. The zero-order valence-corrected chi connectivity index (χ0v) is 17.9. The second-order valence-corrected chi connectivity index (χ2v) is 9.95. The van der Waals surface area contributed by atoms with Gasteiger partial charge in [-0.15, -0.1) is 11.3 Å². The van der Waals surface area contributed by atoms with Gasteiger partial charge in [0, 0.05) is 48.9 Å². The van der Waals surface area contributed by atoms with E-state index in [-0.39, 0.29) is 16.6 Å². The molecule has 1 amide bonds. The largest absolute Gasteiger partial charge is 0.345 e. The molecule has 0 atom stereocenters. The van der Waals surface area contributed by atoms with Gasteiger partial charge in [-0.05, 0) is 42.5 Å². The fraction of sp³-hybridized carbons (Fsp3) is 0.238. The Morgan fingerprint density at radius 2 is 1.77 bits per heavy atom. The number of hydrogen-bond acceptors (Lipinski definition) is 6. The monoisotopic (exact) mass is 445 g/mol. The van der Waals surface area contributed by atoms with Gasteiger partial charge in [0.25, 0.3) is 5.91 Å². The highest BCUT2D eigenvalue weighted by molar-refractivity contribution is 7.90. The molecule has 2 aromatic carbocycles. The maximum atomic E-state index is 13.1. The van der Waals surface area contributed by atoms with E-state index >= 15 is 0 Å². The summed E-state index contributed by atoms with van der Waals surface area (Å²) in [6, 6.07) is 12.4. The third kappa shape index (κ3) is 4.36. The van der Waals surface area contributed by atoms with Gasteiger partial charge in [-0.25, -0.2) is 17.8 Å². The number of carbonyl (C=O) groups is 1.